The van der Waals surface area contributed by atoms with E-state index in [-0.39, 0.29) is 0 Å². The second kappa shape index (κ2) is 5.51. The number of likely N-dealkylation sites (tertiary alicyclic amines) is 1. The van der Waals surface area contributed by atoms with E-state index in [1.165, 1.54) is 57.9 Å². The Morgan fingerprint density at radius 3 is 2.47 bits per heavy atom. The fourth-order valence-electron chi connectivity index (χ4n) is 3.24. The highest BCUT2D eigenvalue weighted by molar-refractivity contribution is 4.89. The maximum absolute atomic E-state index is 8.86. The summed E-state index contributed by atoms with van der Waals surface area (Å²) in [5, 5.41) is 8.86. The van der Waals surface area contributed by atoms with E-state index in [1.807, 2.05) is 0 Å². The summed E-state index contributed by atoms with van der Waals surface area (Å²) in [5.41, 5.74) is 0. The number of nitrogens with zero attached hydrogens (tertiary/aromatic N) is 2. The standard InChI is InChI=1S/C13H22N2/c14-10-9-13-8-4-5-11-15(13)12-6-2-1-3-7-12/h12-13H,1-9,11H2. The van der Waals surface area contributed by atoms with Gasteiger partial charge in [0.1, 0.15) is 0 Å². The van der Waals surface area contributed by atoms with E-state index in [4.69, 9.17) is 5.26 Å². The van der Waals surface area contributed by atoms with Crippen molar-refractivity contribution >= 4 is 0 Å². The lowest BCUT2D eigenvalue weighted by Gasteiger charge is -2.42. The van der Waals surface area contributed by atoms with Crippen LogP contribution in [-0.2, 0) is 0 Å². The molecule has 2 fully saturated rings. The van der Waals surface area contributed by atoms with Crippen LogP contribution in [0, 0.1) is 11.3 Å². The molecule has 0 spiro atoms. The van der Waals surface area contributed by atoms with Crippen molar-refractivity contribution in [2.45, 2.75) is 69.9 Å². The molecule has 0 radical (unpaired) electrons. The van der Waals surface area contributed by atoms with Crippen molar-refractivity contribution in [3.63, 3.8) is 0 Å². The maximum Gasteiger partial charge on any atom is 0.0638 e. The van der Waals surface area contributed by atoms with Crippen molar-refractivity contribution in [3.05, 3.63) is 0 Å². The Hall–Kier alpha value is -0.550. The van der Waals surface area contributed by atoms with E-state index in [0.29, 0.717) is 6.04 Å². The van der Waals surface area contributed by atoms with Gasteiger partial charge in [0.05, 0.1) is 12.5 Å². The first-order valence-electron chi connectivity index (χ1n) is 6.54. The fraction of sp³-hybridized carbons (Fsp3) is 0.923. The SMILES string of the molecule is N#CCC1CCCCN1C1CCCCC1. The third kappa shape index (κ3) is 2.72. The molecular formula is C13H22N2. The molecule has 15 heavy (non-hydrogen) atoms. The van der Waals surface area contributed by atoms with Gasteiger partial charge in [-0.15, -0.1) is 0 Å². The molecule has 2 nitrogen and oxygen atoms in total. The van der Waals surface area contributed by atoms with Crippen molar-refractivity contribution in [2.24, 2.45) is 0 Å². The van der Waals surface area contributed by atoms with Crippen LogP contribution in [0.2, 0.25) is 0 Å². The molecule has 1 saturated carbocycles. The molecule has 1 heterocycles. The molecule has 84 valence electrons. The lowest BCUT2D eigenvalue weighted by Crippen LogP contribution is -2.46. The minimum Gasteiger partial charge on any atom is -0.296 e. The lowest BCUT2D eigenvalue weighted by molar-refractivity contribution is 0.0748. The number of piperidine rings is 1. The van der Waals surface area contributed by atoms with Gasteiger partial charge in [0.25, 0.3) is 0 Å². The monoisotopic (exact) mass is 206 g/mol. The van der Waals surface area contributed by atoms with Crippen LogP contribution < -0.4 is 0 Å². The Morgan fingerprint density at radius 2 is 1.73 bits per heavy atom. The van der Waals surface area contributed by atoms with Gasteiger partial charge in [0.15, 0.2) is 0 Å². The van der Waals surface area contributed by atoms with Crippen LogP contribution in [0.4, 0.5) is 0 Å². The highest BCUT2D eigenvalue weighted by Gasteiger charge is 2.29. The van der Waals surface area contributed by atoms with E-state index >= 15 is 0 Å². The van der Waals surface area contributed by atoms with Crippen molar-refractivity contribution in [3.8, 4) is 6.07 Å². The average Bonchev–Trinajstić information content (AvgIpc) is 2.31. The summed E-state index contributed by atoms with van der Waals surface area (Å²) >= 11 is 0. The first-order valence-corrected chi connectivity index (χ1v) is 6.54. The van der Waals surface area contributed by atoms with E-state index < -0.39 is 0 Å². The average molecular weight is 206 g/mol. The summed E-state index contributed by atoms with van der Waals surface area (Å²) in [6.07, 6.45) is 11.7. The zero-order valence-corrected chi connectivity index (χ0v) is 9.62. The van der Waals surface area contributed by atoms with E-state index in [9.17, 15) is 0 Å². The molecule has 0 bridgehead atoms. The molecule has 2 heteroatoms. The first-order chi connectivity index (χ1) is 7.42. The summed E-state index contributed by atoms with van der Waals surface area (Å²) < 4.78 is 0. The van der Waals surface area contributed by atoms with Crippen LogP contribution in [-0.4, -0.2) is 23.5 Å². The molecule has 0 amide bonds. The van der Waals surface area contributed by atoms with Crippen molar-refractivity contribution in [1.29, 1.82) is 5.26 Å². The summed E-state index contributed by atoms with van der Waals surface area (Å²) in [6.45, 7) is 1.25. The lowest BCUT2D eigenvalue weighted by atomic mass is 9.89. The second-order valence-corrected chi connectivity index (χ2v) is 5.04. The Bertz CT molecular complexity index is 225. The molecule has 2 rings (SSSR count). The molecular weight excluding hydrogens is 184 g/mol. The van der Waals surface area contributed by atoms with Gasteiger partial charge in [-0.3, -0.25) is 4.90 Å². The molecule has 1 saturated heterocycles. The highest BCUT2D eigenvalue weighted by atomic mass is 15.2. The molecule has 0 aromatic heterocycles. The Labute approximate surface area is 93.3 Å². The quantitative estimate of drug-likeness (QED) is 0.694. The van der Waals surface area contributed by atoms with Gasteiger partial charge in [0, 0.05) is 12.1 Å². The van der Waals surface area contributed by atoms with E-state index in [2.05, 4.69) is 11.0 Å². The van der Waals surface area contributed by atoms with E-state index in [0.717, 1.165) is 12.5 Å². The van der Waals surface area contributed by atoms with Gasteiger partial charge in [0.2, 0.25) is 0 Å². The van der Waals surface area contributed by atoms with Gasteiger partial charge in [-0.2, -0.15) is 5.26 Å². The second-order valence-electron chi connectivity index (χ2n) is 5.04. The zero-order chi connectivity index (χ0) is 10.5. The molecule has 0 aromatic rings. The molecule has 1 unspecified atom stereocenters. The van der Waals surface area contributed by atoms with Gasteiger partial charge < -0.3 is 0 Å². The molecule has 1 atom stereocenters. The van der Waals surface area contributed by atoms with Crippen LogP contribution in [0.3, 0.4) is 0 Å². The fourth-order valence-corrected chi connectivity index (χ4v) is 3.24. The van der Waals surface area contributed by atoms with Crippen LogP contribution >= 0.6 is 0 Å². The van der Waals surface area contributed by atoms with Gasteiger partial charge in [-0.25, -0.2) is 0 Å². The van der Waals surface area contributed by atoms with Gasteiger partial charge in [-0.1, -0.05) is 25.7 Å². The molecule has 1 aliphatic carbocycles. The minimum absolute atomic E-state index is 0.576. The van der Waals surface area contributed by atoms with Crippen molar-refractivity contribution in [1.82, 2.24) is 4.90 Å². The minimum atomic E-state index is 0.576. The largest absolute Gasteiger partial charge is 0.296 e. The maximum atomic E-state index is 8.86. The Balaban J connectivity index is 1.93. The summed E-state index contributed by atoms with van der Waals surface area (Å²) in [4.78, 5) is 2.66. The third-order valence-corrected chi connectivity index (χ3v) is 4.04. The van der Waals surface area contributed by atoms with Gasteiger partial charge in [-0.05, 0) is 32.2 Å². The topological polar surface area (TPSA) is 27.0 Å². The first kappa shape index (κ1) is 11.0. The van der Waals surface area contributed by atoms with Crippen molar-refractivity contribution < 1.29 is 0 Å². The normalized spacial score (nSPS) is 29.9. The van der Waals surface area contributed by atoms with E-state index in [1.54, 1.807) is 0 Å². The summed E-state index contributed by atoms with van der Waals surface area (Å²) in [7, 11) is 0. The molecule has 1 aliphatic heterocycles. The van der Waals surface area contributed by atoms with Crippen LogP contribution in [0.25, 0.3) is 0 Å². The zero-order valence-electron chi connectivity index (χ0n) is 9.62. The predicted octanol–water partition coefficient (Wildman–Crippen LogP) is 3.09. The van der Waals surface area contributed by atoms with Crippen LogP contribution in [0.1, 0.15) is 57.8 Å². The summed E-state index contributed by atoms with van der Waals surface area (Å²) in [5.74, 6) is 0. The Morgan fingerprint density at radius 1 is 1.00 bits per heavy atom. The van der Waals surface area contributed by atoms with Crippen LogP contribution in [0.5, 0.6) is 0 Å². The molecule has 2 aliphatic rings. The van der Waals surface area contributed by atoms with Gasteiger partial charge >= 0.3 is 0 Å². The third-order valence-electron chi connectivity index (χ3n) is 4.04. The number of hydrogen-bond acceptors (Lipinski definition) is 2. The van der Waals surface area contributed by atoms with Crippen molar-refractivity contribution in [2.75, 3.05) is 6.54 Å². The highest BCUT2D eigenvalue weighted by Crippen LogP contribution is 2.29. The molecule has 0 N–H and O–H groups in total. The number of hydrogen-bond donors (Lipinski definition) is 0. The number of nitriles is 1. The number of rotatable bonds is 2. The molecule has 0 aromatic carbocycles. The smallest absolute Gasteiger partial charge is 0.0638 e. The Kier molecular flexibility index (Phi) is 4.02. The predicted molar refractivity (Wildman–Crippen MR) is 61.4 cm³/mol. The summed E-state index contributed by atoms with van der Waals surface area (Å²) in [6, 6.07) is 3.74. The van der Waals surface area contributed by atoms with Crippen LogP contribution in [0.15, 0.2) is 0 Å².